The molecule has 0 bridgehead atoms. The smallest absolute Gasteiger partial charge is 0.338 e. The third kappa shape index (κ3) is 6.24. The van der Waals surface area contributed by atoms with E-state index in [-0.39, 0.29) is 30.1 Å². The average molecular weight is 444 g/mol. The Morgan fingerprint density at radius 2 is 1.53 bits per heavy atom. The van der Waals surface area contributed by atoms with Crippen LogP contribution in [0.15, 0.2) is 42.5 Å². The van der Waals surface area contributed by atoms with Crippen LogP contribution in [0.1, 0.15) is 38.8 Å². The van der Waals surface area contributed by atoms with Crippen molar-refractivity contribution >= 4 is 11.9 Å². The first-order chi connectivity index (χ1) is 15.0. The molecule has 0 saturated heterocycles. The van der Waals surface area contributed by atoms with E-state index in [0.29, 0.717) is 22.4 Å². The van der Waals surface area contributed by atoms with Crippen molar-refractivity contribution < 1.29 is 32.9 Å². The molecule has 2 aromatic rings. The lowest BCUT2D eigenvalue weighted by Gasteiger charge is -2.18. The van der Waals surface area contributed by atoms with Gasteiger partial charge in [-0.25, -0.2) is 9.18 Å². The van der Waals surface area contributed by atoms with Gasteiger partial charge in [0.15, 0.2) is 0 Å². The second-order valence-corrected chi connectivity index (χ2v) is 8.44. The number of halogens is 1. The minimum absolute atomic E-state index is 0.118. The molecule has 6 nitrogen and oxygen atoms in total. The summed E-state index contributed by atoms with van der Waals surface area (Å²) in [5.74, 6) is -1.20. The van der Waals surface area contributed by atoms with Crippen LogP contribution in [0.4, 0.5) is 4.39 Å². The molecule has 0 N–H and O–H groups in total. The molecule has 0 aliphatic carbocycles. The van der Waals surface area contributed by atoms with Gasteiger partial charge in [-0.05, 0) is 57.5 Å². The number of benzene rings is 2. The van der Waals surface area contributed by atoms with E-state index in [0.717, 1.165) is 0 Å². The molecule has 0 amide bonds. The second kappa shape index (κ2) is 10.5. The van der Waals surface area contributed by atoms with E-state index in [2.05, 4.69) is 6.58 Å². The van der Waals surface area contributed by atoms with Crippen LogP contribution in [0.3, 0.4) is 0 Å². The average Bonchev–Trinajstić information content (AvgIpc) is 2.69. The maximum Gasteiger partial charge on any atom is 0.338 e. The molecule has 0 fully saturated rings. The highest BCUT2D eigenvalue weighted by Crippen LogP contribution is 2.35. The Morgan fingerprint density at radius 3 is 1.97 bits per heavy atom. The number of carbonyl (C=O) groups is 2. The summed E-state index contributed by atoms with van der Waals surface area (Å²) < 4.78 is 36.3. The van der Waals surface area contributed by atoms with Gasteiger partial charge in [0.2, 0.25) is 0 Å². The fourth-order valence-corrected chi connectivity index (χ4v) is 2.80. The zero-order chi connectivity index (χ0) is 24.1. The standard InChI is InChI=1S/C25H29FO6/c1-15(2)23(27)32-22-17(13-29-6)10-16(11-18(22)14-30-7)20-9-8-19(12-21(20)26)31-24(28)25(3,4)5/h8-12H,1,13-14H2,2-7H3. The highest BCUT2D eigenvalue weighted by molar-refractivity contribution is 5.89. The molecule has 2 rings (SSSR count). The first kappa shape index (κ1) is 25.2. The molecule has 32 heavy (non-hydrogen) atoms. The first-order valence-electron chi connectivity index (χ1n) is 10.0. The van der Waals surface area contributed by atoms with Crippen molar-refractivity contribution in [3.8, 4) is 22.6 Å². The number of methoxy groups -OCH3 is 2. The largest absolute Gasteiger partial charge is 0.426 e. The monoisotopic (exact) mass is 444 g/mol. The summed E-state index contributed by atoms with van der Waals surface area (Å²) in [4.78, 5) is 24.2. The van der Waals surface area contributed by atoms with Crippen molar-refractivity contribution in [2.24, 2.45) is 5.41 Å². The highest BCUT2D eigenvalue weighted by Gasteiger charge is 2.24. The zero-order valence-electron chi connectivity index (χ0n) is 19.3. The molecular formula is C25H29FO6. The van der Waals surface area contributed by atoms with Gasteiger partial charge >= 0.3 is 11.9 Å². The van der Waals surface area contributed by atoms with E-state index >= 15 is 0 Å². The van der Waals surface area contributed by atoms with Gasteiger partial charge in [0, 0.05) is 42.5 Å². The predicted molar refractivity (Wildman–Crippen MR) is 119 cm³/mol. The Morgan fingerprint density at radius 1 is 0.969 bits per heavy atom. The van der Waals surface area contributed by atoms with Crippen LogP contribution in [0.5, 0.6) is 11.5 Å². The molecule has 0 radical (unpaired) electrons. The Kier molecular flexibility index (Phi) is 8.30. The molecule has 0 spiro atoms. The van der Waals surface area contributed by atoms with Crippen molar-refractivity contribution in [2.45, 2.75) is 40.9 Å². The van der Waals surface area contributed by atoms with E-state index in [4.69, 9.17) is 18.9 Å². The second-order valence-electron chi connectivity index (χ2n) is 8.44. The van der Waals surface area contributed by atoms with Crippen LogP contribution in [-0.2, 0) is 32.3 Å². The van der Waals surface area contributed by atoms with Gasteiger partial charge < -0.3 is 18.9 Å². The number of hydrogen-bond acceptors (Lipinski definition) is 6. The van der Waals surface area contributed by atoms with Crippen LogP contribution in [0, 0.1) is 11.2 Å². The Hall–Kier alpha value is -3.03. The Bertz CT molecular complexity index is 993. The fraction of sp³-hybridized carbons (Fsp3) is 0.360. The lowest BCUT2D eigenvalue weighted by Crippen LogP contribution is -2.25. The number of carbonyl (C=O) groups excluding carboxylic acids is 2. The minimum Gasteiger partial charge on any atom is -0.426 e. The summed E-state index contributed by atoms with van der Waals surface area (Å²) >= 11 is 0. The van der Waals surface area contributed by atoms with Crippen molar-refractivity contribution in [3.05, 3.63) is 59.4 Å². The van der Waals surface area contributed by atoms with Crippen molar-refractivity contribution in [2.75, 3.05) is 14.2 Å². The molecule has 0 atom stereocenters. The molecular weight excluding hydrogens is 415 g/mol. The minimum atomic E-state index is -0.712. The molecule has 0 saturated carbocycles. The molecule has 172 valence electrons. The van der Waals surface area contributed by atoms with Crippen LogP contribution in [-0.4, -0.2) is 26.2 Å². The van der Waals surface area contributed by atoms with Crippen LogP contribution in [0.2, 0.25) is 0 Å². The van der Waals surface area contributed by atoms with Crippen molar-refractivity contribution in [3.63, 3.8) is 0 Å². The van der Waals surface area contributed by atoms with Gasteiger partial charge in [-0.15, -0.1) is 0 Å². The first-order valence-corrected chi connectivity index (χ1v) is 10.0. The zero-order valence-corrected chi connectivity index (χ0v) is 19.3. The highest BCUT2D eigenvalue weighted by atomic mass is 19.1. The van der Waals surface area contributed by atoms with Gasteiger partial charge in [-0.2, -0.15) is 0 Å². The Balaban J connectivity index is 2.51. The van der Waals surface area contributed by atoms with Crippen molar-refractivity contribution in [1.29, 1.82) is 0 Å². The summed E-state index contributed by atoms with van der Waals surface area (Å²) in [6, 6.07) is 7.59. The predicted octanol–water partition coefficient (Wildman–Crippen LogP) is 5.22. The third-order valence-corrected chi connectivity index (χ3v) is 4.46. The lowest BCUT2D eigenvalue weighted by atomic mass is 9.97. The van der Waals surface area contributed by atoms with Crippen LogP contribution in [0.25, 0.3) is 11.1 Å². The number of rotatable bonds is 8. The summed E-state index contributed by atoms with van der Waals surface area (Å²) in [6.07, 6.45) is 0. The van der Waals surface area contributed by atoms with Gasteiger partial charge in [0.25, 0.3) is 0 Å². The summed E-state index contributed by atoms with van der Waals surface area (Å²) in [6.45, 7) is 10.6. The van der Waals surface area contributed by atoms with Gasteiger partial charge in [0.1, 0.15) is 17.3 Å². The molecule has 0 aliphatic rings. The number of hydrogen-bond donors (Lipinski definition) is 0. The summed E-state index contributed by atoms with van der Waals surface area (Å²) in [5, 5.41) is 0. The topological polar surface area (TPSA) is 71.1 Å². The van der Waals surface area contributed by atoms with E-state index in [1.54, 1.807) is 39.8 Å². The third-order valence-electron chi connectivity index (χ3n) is 4.46. The molecule has 0 aliphatic heterocycles. The van der Waals surface area contributed by atoms with E-state index in [1.165, 1.54) is 32.4 Å². The quantitative estimate of drug-likeness (QED) is 0.316. The normalized spacial score (nSPS) is 11.2. The van der Waals surface area contributed by atoms with Crippen molar-refractivity contribution in [1.82, 2.24) is 0 Å². The molecule has 0 aromatic heterocycles. The van der Waals surface area contributed by atoms with E-state index in [9.17, 15) is 14.0 Å². The lowest BCUT2D eigenvalue weighted by molar-refractivity contribution is -0.143. The van der Waals surface area contributed by atoms with Gasteiger partial charge in [-0.1, -0.05) is 6.58 Å². The summed E-state index contributed by atoms with van der Waals surface area (Å²) in [7, 11) is 3.01. The van der Waals surface area contributed by atoms with Gasteiger partial charge in [-0.3, -0.25) is 4.79 Å². The molecule has 2 aromatic carbocycles. The van der Waals surface area contributed by atoms with Gasteiger partial charge in [0.05, 0.1) is 18.6 Å². The maximum atomic E-state index is 15.0. The SMILES string of the molecule is C=C(C)C(=O)Oc1c(COC)cc(-c2ccc(OC(=O)C(C)(C)C)cc2F)cc1COC. The Labute approximate surface area is 187 Å². The molecule has 0 unspecified atom stereocenters. The van der Waals surface area contributed by atoms with E-state index < -0.39 is 23.2 Å². The summed E-state index contributed by atoms with van der Waals surface area (Å²) in [5.41, 5.74) is 1.45. The maximum absolute atomic E-state index is 15.0. The fourth-order valence-electron chi connectivity index (χ4n) is 2.80. The van der Waals surface area contributed by atoms with Crippen LogP contribution < -0.4 is 9.47 Å². The molecule has 0 heterocycles. The molecule has 7 heteroatoms. The number of esters is 2. The van der Waals surface area contributed by atoms with E-state index in [1.807, 2.05) is 0 Å². The number of ether oxygens (including phenoxy) is 4. The van der Waals surface area contributed by atoms with Crippen LogP contribution >= 0.6 is 0 Å².